The first-order chi connectivity index (χ1) is 7.18. The zero-order chi connectivity index (χ0) is 10.9. The van der Waals surface area contributed by atoms with Crippen LogP contribution < -0.4 is 0 Å². The Morgan fingerprint density at radius 1 is 1.53 bits per heavy atom. The molecule has 0 aliphatic heterocycles. The first-order valence-corrected chi connectivity index (χ1v) is 6.64. The van der Waals surface area contributed by atoms with Crippen molar-refractivity contribution in [2.45, 2.75) is 29.4 Å². The lowest BCUT2D eigenvalue weighted by Gasteiger charge is -2.41. The van der Waals surface area contributed by atoms with Crippen molar-refractivity contribution in [3.63, 3.8) is 0 Å². The average molecular weight is 282 g/mol. The molecule has 1 saturated carbocycles. The monoisotopic (exact) mass is 281 g/mol. The smallest absolute Gasteiger partial charge is 0.110 e. The van der Waals surface area contributed by atoms with E-state index in [0.717, 1.165) is 10.9 Å². The van der Waals surface area contributed by atoms with Crippen LogP contribution >= 0.6 is 27.7 Å². The molecule has 1 fully saturated rings. The summed E-state index contributed by atoms with van der Waals surface area (Å²) in [5, 5.41) is 9.27. The second kappa shape index (κ2) is 4.19. The zero-order valence-electron chi connectivity index (χ0n) is 8.53. The minimum absolute atomic E-state index is 0.191. The van der Waals surface area contributed by atoms with Crippen LogP contribution in [0.5, 0.6) is 0 Å². The van der Waals surface area contributed by atoms with Gasteiger partial charge in [-0.15, -0.1) is 11.8 Å². The standard InChI is InChI=1S/C12H12BrNS/c1-9-6-7-12(9,8-14)15-11-5-3-2-4-10(11)13/h2-5,9H,6-7H2,1H3. The fourth-order valence-corrected chi connectivity index (χ4v) is 3.58. The summed E-state index contributed by atoms with van der Waals surface area (Å²) in [4.78, 5) is 1.17. The number of thioether (sulfide) groups is 1. The number of halogens is 1. The summed E-state index contributed by atoms with van der Waals surface area (Å²) in [5.74, 6) is 0.500. The van der Waals surface area contributed by atoms with Crippen LogP contribution in [0.25, 0.3) is 0 Å². The van der Waals surface area contributed by atoms with Crippen LogP contribution in [0.2, 0.25) is 0 Å². The molecule has 0 aromatic heterocycles. The molecular weight excluding hydrogens is 270 g/mol. The summed E-state index contributed by atoms with van der Waals surface area (Å²) in [6, 6.07) is 10.6. The molecule has 0 amide bonds. The molecule has 0 spiro atoms. The van der Waals surface area contributed by atoms with E-state index in [9.17, 15) is 5.26 Å². The minimum atomic E-state index is -0.191. The van der Waals surface area contributed by atoms with Gasteiger partial charge in [0.05, 0.1) is 6.07 Å². The van der Waals surface area contributed by atoms with Gasteiger partial charge >= 0.3 is 0 Å². The maximum absolute atomic E-state index is 9.27. The number of benzene rings is 1. The summed E-state index contributed by atoms with van der Waals surface area (Å²) in [6.07, 6.45) is 2.18. The van der Waals surface area contributed by atoms with Gasteiger partial charge in [-0.05, 0) is 46.8 Å². The fraction of sp³-hybridized carbons (Fsp3) is 0.417. The second-order valence-electron chi connectivity index (χ2n) is 3.97. The second-order valence-corrected chi connectivity index (χ2v) is 6.20. The maximum Gasteiger partial charge on any atom is 0.110 e. The van der Waals surface area contributed by atoms with Crippen LogP contribution in [-0.4, -0.2) is 4.75 Å². The van der Waals surface area contributed by atoms with E-state index < -0.39 is 0 Å². The van der Waals surface area contributed by atoms with Crippen molar-refractivity contribution in [2.75, 3.05) is 0 Å². The Hall–Kier alpha value is -0.460. The highest BCUT2D eigenvalue weighted by Gasteiger charge is 2.45. The summed E-state index contributed by atoms with van der Waals surface area (Å²) in [7, 11) is 0. The maximum atomic E-state index is 9.27. The average Bonchev–Trinajstić information content (AvgIpc) is 2.26. The normalized spacial score (nSPS) is 29.3. The Morgan fingerprint density at radius 3 is 2.73 bits per heavy atom. The Labute approximate surface area is 103 Å². The van der Waals surface area contributed by atoms with E-state index in [-0.39, 0.29) is 4.75 Å². The van der Waals surface area contributed by atoms with Gasteiger partial charge in [-0.25, -0.2) is 0 Å². The van der Waals surface area contributed by atoms with E-state index in [0.29, 0.717) is 5.92 Å². The lowest BCUT2D eigenvalue weighted by molar-refractivity contribution is 0.297. The molecule has 2 rings (SSSR count). The summed E-state index contributed by atoms with van der Waals surface area (Å²) in [5.41, 5.74) is 0. The third-order valence-corrected chi connectivity index (χ3v) is 5.65. The quantitative estimate of drug-likeness (QED) is 0.810. The van der Waals surface area contributed by atoms with Crippen molar-refractivity contribution in [1.82, 2.24) is 0 Å². The molecule has 0 saturated heterocycles. The van der Waals surface area contributed by atoms with Gasteiger partial charge < -0.3 is 0 Å². The number of rotatable bonds is 2. The van der Waals surface area contributed by atoms with Crippen LogP contribution in [-0.2, 0) is 0 Å². The Bertz CT molecular complexity index is 412. The molecule has 15 heavy (non-hydrogen) atoms. The molecule has 0 heterocycles. The van der Waals surface area contributed by atoms with Crippen molar-refractivity contribution in [1.29, 1.82) is 5.26 Å². The van der Waals surface area contributed by atoms with Gasteiger partial charge in [0.15, 0.2) is 0 Å². The minimum Gasteiger partial charge on any atom is -0.197 e. The fourth-order valence-electron chi connectivity index (χ4n) is 1.76. The van der Waals surface area contributed by atoms with E-state index in [1.807, 2.05) is 18.2 Å². The largest absolute Gasteiger partial charge is 0.197 e. The first kappa shape index (κ1) is 11.0. The van der Waals surface area contributed by atoms with E-state index >= 15 is 0 Å². The Kier molecular flexibility index (Phi) is 3.08. The van der Waals surface area contributed by atoms with Crippen molar-refractivity contribution in [3.05, 3.63) is 28.7 Å². The lowest BCUT2D eigenvalue weighted by Crippen LogP contribution is -2.40. The molecule has 1 aromatic carbocycles. The van der Waals surface area contributed by atoms with Gasteiger partial charge in [-0.3, -0.25) is 0 Å². The highest BCUT2D eigenvalue weighted by molar-refractivity contribution is 9.10. The first-order valence-electron chi connectivity index (χ1n) is 5.03. The number of nitriles is 1. The molecule has 1 nitrogen and oxygen atoms in total. The molecule has 1 aliphatic rings. The van der Waals surface area contributed by atoms with Gasteiger partial charge in [0.25, 0.3) is 0 Å². The molecule has 1 aromatic rings. The third kappa shape index (κ3) is 1.93. The topological polar surface area (TPSA) is 23.8 Å². The predicted octanol–water partition coefficient (Wildman–Crippen LogP) is 4.23. The van der Waals surface area contributed by atoms with E-state index in [2.05, 4.69) is 35.0 Å². The molecule has 2 unspecified atom stereocenters. The molecule has 0 bridgehead atoms. The zero-order valence-corrected chi connectivity index (χ0v) is 10.9. The van der Waals surface area contributed by atoms with Gasteiger partial charge in [0.2, 0.25) is 0 Å². The van der Waals surface area contributed by atoms with Crippen molar-refractivity contribution in [3.8, 4) is 6.07 Å². The van der Waals surface area contributed by atoms with Crippen LogP contribution in [0.15, 0.2) is 33.6 Å². The van der Waals surface area contributed by atoms with Crippen molar-refractivity contribution in [2.24, 2.45) is 5.92 Å². The summed E-state index contributed by atoms with van der Waals surface area (Å²) >= 11 is 5.23. The van der Waals surface area contributed by atoms with Crippen LogP contribution in [0.3, 0.4) is 0 Å². The number of nitrogens with zero attached hydrogens (tertiary/aromatic N) is 1. The molecule has 0 radical (unpaired) electrons. The van der Waals surface area contributed by atoms with Crippen LogP contribution in [0.1, 0.15) is 19.8 Å². The molecule has 2 atom stereocenters. The Balaban J connectivity index is 2.22. The van der Waals surface area contributed by atoms with Gasteiger partial charge in [-0.1, -0.05) is 19.1 Å². The van der Waals surface area contributed by atoms with E-state index in [4.69, 9.17) is 0 Å². The van der Waals surface area contributed by atoms with Crippen molar-refractivity contribution < 1.29 is 0 Å². The van der Waals surface area contributed by atoms with Crippen LogP contribution in [0, 0.1) is 17.2 Å². The van der Waals surface area contributed by atoms with Crippen LogP contribution in [0.4, 0.5) is 0 Å². The predicted molar refractivity (Wildman–Crippen MR) is 66.7 cm³/mol. The molecular formula is C12H12BrNS. The molecule has 78 valence electrons. The molecule has 3 heteroatoms. The highest BCUT2D eigenvalue weighted by Crippen LogP contribution is 2.52. The lowest BCUT2D eigenvalue weighted by atomic mass is 9.75. The number of hydrogen-bond acceptors (Lipinski definition) is 2. The summed E-state index contributed by atoms with van der Waals surface area (Å²) < 4.78 is 0.896. The number of hydrogen-bond donors (Lipinski definition) is 0. The summed E-state index contributed by atoms with van der Waals surface area (Å²) in [6.45, 7) is 2.16. The SMILES string of the molecule is CC1CCC1(C#N)Sc1ccccc1Br. The van der Waals surface area contributed by atoms with Gasteiger partial charge in [-0.2, -0.15) is 5.26 Å². The van der Waals surface area contributed by atoms with E-state index in [1.54, 1.807) is 11.8 Å². The highest BCUT2D eigenvalue weighted by atomic mass is 79.9. The Morgan fingerprint density at radius 2 is 2.27 bits per heavy atom. The molecule has 1 aliphatic carbocycles. The molecule has 0 N–H and O–H groups in total. The third-order valence-electron chi connectivity index (χ3n) is 3.06. The van der Waals surface area contributed by atoms with Crippen molar-refractivity contribution >= 4 is 27.7 Å². The van der Waals surface area contributed by atoms with Gasteiger partial charge in [0, 0.05) is 9.37 Å². The van der Waals surface area contributed by atoms with E-state index in [1.165, 1.54) is 11.3 Å². The van der Waals surface area contributed by atoms with Gasteiger partial charge in [0.1, 0.15) is 4.75 Å².